The second kappa shape index (κ2) is 4.70. The van der Waals surface area contributed by atoms with Crippen LogP contribution < -0.4 is 0 Å². The van der Waals surface area contributed by atoms with Crippen molar-refractivity contribution in [3.8, 4) is 0 Å². The second-order valence-corrected chi connectivity index (χ2v) is 4.06. The Labute approximate surface area is 75.9 Å². The van der Waals surface area contributed by atoms with Crippen LogP contribution >= 0.6 is 11.8 Å². The van der Waals surface area contributed by atoms with Crippen LogP contribution in [-0.4, -0.2) is 30.8 Å². The fourth-order valence-corrected chi connectivity index (χ4v) is 2.32. The molecule has 0 spiro atoms. The molecular weight excluding hydrogens is 179 g/mol. The molecule has 0 radical (unpaired) electrons. The number of esters is 1. The lowest BCUT2D eigenvalue weighted by atomic mass is 9.99. The maximum atomic E-state index is 13.2. The number of methoxy groups -OCH3 is 1. The number of halogens is 1. The summed E-state index contributed by atoms with van der Waals surface area (Å²) in [5.74, 6) is 0.754. The third kappa shape index (κ3) is 2.37. The van der Waals surface area contributed by atoms with Gasteiger partial charge in [0.15, 0.2) is 0 Å². The van der Waals surface area contributed by atoms with E-state index in [1.165, 1.54) is 7.11 Å². The van der Waals surface area contributed by atoms with Crippen LogP contribution in [0.15, 0.2) is 0 Å². The van der Waals surface area contributed by atoms with Gasteiger partial charge in [0, 0.05) is 0 Å². The van der Waals surface area contributed by atoms with Crippen LogP contribution in [0.25, 0.3) is 0 Å². The van der Waals surface area contributed by atoms with Crippen LogP contribution in [-0.2, 0) is 9.53 Å². The van der Waals surface area contributed by atoms with Crippen molar-refractivity contribution in [2.75, 3.05) is 18.6 Å². The average molecular weight is 192 g/mol. The molecule has 0 saturated carbocycles. The Bertz CT molecular complexity index is 163. The molecule has 1 aliphatic rings. The van der Waals surface area contributed by atoms with E-state index < -0.39 is 18.1 Å². The molecule has 0 N–H and O–H groups in total. The molecule has 0 aliphatic carbocycles. The van der Waals surface area contributed by atoms with Crippen molar-refractivity contribution in [3.63, 3.8) is 0 Å². The van der Waals surface area contributed by atoms with Crippen molar-refractivity contribution in [3.05, 3.63) is 0 Å². The number of rotatable bonds is 1. The van der Waals surface area contributed by atoms with Gasteiger partial charge < -0.3 is 4.74 Å². The van der Waals surface area contributed by atoms with Gasteiger partial charge in [-0.3, -0.25) is 4.79 Å². The Kier molecular flexibility index (Phi) is 3.85. The first-order valence-corrected chi connectivity index (χ1v) is 5.21. The number of ether oxygens (including phenoxy) is 1. The first-order chi connectivity index (χ1) is 5.75. The van der Waals surface area contributed by atoms with Gasteiger partial charge in [-0.05, 0) is 24.3 Å². The van der Waals surface area contributed by atoms with Crippen LogP contribution in [0.3, 0.4) is 0 Å². The molecule has 12 heavy (non-hydrogen) atoms. The van der Waals surface area contributed by atoms with Gasteiger partial charge >= 0.3 is 5.97 Å². The standard InChI is InChI=1S/C8H13FO2S/c1-11-8(10)6-2-4-12-5-3-7(6)9/h6-7H,2-5H2,1H3/t6-,7-/m1/s1. The quantitative estimate of drug-likeness (QED) is 0.591. The third-order valence-corrected chi connectivity index (χ3v) is 3.10. The Balaban J connectivity index is 2.52. The van der Waals surface area contributed by atoms with Crippen molar-refractivity contribution in [1.29, 1.82) is 0 Å². The minimum Gasteiger partial charge on any atom is -0.469 e. The van der Waals surface area contributed by atoms with Crippen LogP contribution in [0.2, 0.25) is 0 Å². The summed E-state index contributed by atoms with van der Waals surface area (Å²) in [6.07, 6.45) is 0.0793. The van der Waals surface area contributed by atoms with Crippen LogP contribution in [0.5, 0.6) is 0 Å². The van der Waals surface area contributed by atoms with Crippen LogP contribution in [0, 0.1) is 5.92 Å². The van der Waals surface area contributed by atoms with E-state index in [2.05, 4.69) is 4.74 Å². The summed E-state index contributed by atoms with van der Waals surface area (Å²) in [7, 11) is 1.31. The Morgan fingerprint density at radius 2 is 2.17 bits per heavy atom. The van der Waals surface area contributed by atoms with Gasteiger partial charge in [0.25, 0.3) is 0 Å². The van der Waals surface area contributed by atoms with Gasteiger partial charge in [-0.15, -0.1) is 0 Å². The Hall–Kier alpha value is -0.250. The summed E-state index contributed by atoms with van der Waals surface area (Å²) in [5.41, 5.74) is 0. The SMILES string of the molecule is COC(=O)[C@@H]1CCSCC[C@H]1F. The predicted molar refractivity (Wildman–Crippen MR) is 47.0 cm³/mol. The first-order valence-electron chi connectivity index (χ1n) is 4.05. The third-order valence-electron chi connectivity index (χ3n) is 2.05. The zero-order valence-corrected chi connectivity index (χ0v) is 7.90. The number of hydrogen-bond donors (Lipinski definition) is 0. The zero-order valence-electron chi connectivity index (χ0n) is 7.09. The van der Waals surface area contributed by atoms with Gasteiger partial charge in [0.05, 0.1) is 13.0 Å². The topological polar surface area (TPSA) is 26.3 Å². The van der Waals surface area contributed by atoms with Crippen LogP contribution in [0.4, 0.5) is 4.39 Å². The highest BCUT2D eigenvalue weighted by molar-refractivity contribution is 7.99. The van der Waals surface area contributed by atoms with Crippen molar-refractivity contribution < 1.29 is 13.9 Å². The van der Waals surface area contributed by atoms with Gasteiger partial charge in [-0.1, -0.05) is 0 Å². The molecule has 1 saturated heterocycles. The highest BCUT2D eigenvalue weighted by Gasteiger charge is 2.30. The first kappa shape index (κ1) is 9.84. The molecule has 4 heteroatoms. The zero-order chi connectivity index (χ0) is 8.97. The molecule has 70 valence electrons. The smallest absolute Gasteiger partial charge is 0.311 e. The lowest BCUT2D eigenvalue weighted by molar-refractivity contribution is -0.147. The molecule has 0 bridgehead atoms. The van der Waals surface area contributed by atoms with E-state index in [9.17, 15) is 9.18 Å². The summed E-state index contributed by atoms with van der Waals surface area (Å²) >= 11 is 1.70. The molecule has 2 atom stereocenters. The summed E-state index contributed by atoms with van der Waals surface area (Å²) in [6.45, 7) is 0. The highest BCUT2D eigenvalue weighted by Crippen LogP contribution is 2.25. The summed E-state index contributed by atoms with van der Waals surface area (Å²) in [5, 5.41) is 0. The molecule has 0 aromatic heterocycles. The fraction of sp³-hybridized carbons (Fsp3) is 0.875. The number of alkyl halides is 1. The minimum atomic E-state index is -1.01. The molecule has 0 aromatic rings. The Morgan fingerprint density at radius 3 is 2.83 bits per heavy atom. The lowest BCUT2D eigenvalue weighted by Crippen LogP contribution is -2.26. The maximum absolute atomic E-state index is 13.2. The van der Waals surface area contributed by atoms with Gasteiger partial charge in [0.1, 0.15) is 6.17 Å². The monoisotopic (exact) mass is 192 g/mol. The van der Waals surface area contributed by atoms with E-state index in [4.69, 9.17) is 0 Å². The summed E-state index contributed by atoms with van der Waals surface area (Å²) < 4.78 is 17.8. The molecule has 2 nitrogen and oxygen atoms in total. The highest BCUT2D eigenvalue weighted by atomic mass is 32.2. The van der Waals surface area contributed by atoms with Gasteiger partial charge in [-0.2, -0.15) is 11.8 Å². The van der Waals surface area contributed by atoms with Crippen molar-refractivity contribution in [1.82, 2.24) is 0 Å². The average Bonchev–Trinajstić information content (AvgIpc) is 2.28. The molecule has 1 heterocycles. The van der Waals surface area contributed by atoms with E-state index in [1.54, 1.807) is 11.8 Å². The number of carbonyl (C=O) groups excluding carboxylic acids is 1. The Morgan fingerprint density at radius 1 is 1.50 bits per heavy atom. The van der Waals surface area contributed by atoms with Crippen molar-refractivity contribution in [2.45, 2.75) is 19.0 Å². The lowest BCUT2D eigenvalue weighted by Gasteiger charge is -2.14. The summed E-state index contributed by atoms with van der Waals surface area (Å²) in [4.78, 5) is 11.1. The van der Waals surface area contributed by atoms with Crippen LogP contribution in [0.1, 0.15) is 12.8 Å². The van der Waals surface area contributed by atoms with Crippen molar-refractivity contribution >= 4 is 17.7 Å². The number of thioether (sulfide) groups is 1. The van der Waals surface area contributed by atoms with Crippen molar-refractivity contribution in [2.24, 2.45) is 5.92 Å². The normalized spacial score (nSPS) is 30.8. The molecule has 1 fully saturated rings. The van der Waals surface area contributed by atoms with E-state index in [1.807, 2.05) is 0 Å². The predicted octanol–water partition coefficient (Wildman–Crippen LogP) is 1.64. The second-order valence-electron chi connectivity index (χ2n) is 2.84. The number of carbonyl (C=O) groups is 1. The molecule has 0 unspecified atom stereocenters. The fourth-order valence-electron chi connectivity index (χ4n) is 1.31. The molecule has 0 amide bonds. The van der Waals surface area contributed by atoms with E-state index in [0.717, 1.165) is 11.5 Å². The largest absolute Gasteiger partial charge is 0.469 e. The molecule has 1 aliphatic heterocycles. The molecule has 0 aromatic carbocycles. The van der Waals surface area contributed by atoms with Gasteiger partial charge in [0.2, 0.25) is 0 Å². The minimum absolute atomic E-state index is 0.398. The number of hydrogen-bond acceptors (Lipinski definition) is 3. The summed E-state index contributed by atoms with van der Waals surface area (Å²) in [6, 6.07) is 0. The van der Waals surface area contributed by atoms with Gasteiger partial charge in [-0.25, -0.2) is 4.39 Å². The van der Waals surface area contributed by atoms with E-state index in [-0.39, 0.29) is 0 Å². The maximum Gasteiger partial charge on any atom is 0.311 e. The van der Waals surface area contributed by atoms with E-state index in [0.29, 0.717) is 12.8 Å². The molecular formula is C8H13FO2S. The molecule has 1 rings (SSSR count). The van der Waals surface area contributed by atoms with E-state index >= 15 is 0 Å².